The van der Waals surface area contributed by atoms with Gasteiger partial charge in [-0.2, -0.15) is 0 Å². The predicted molar refractivity (Wildman–Crippen MR) is 77.5 cm³/mol. The van der Waals surface area contributed by atoms with Crippen LogP contribution in [0, 0.1) is 6.92 Å². The number of fused-ring (bicyclic) bond motifs is 2. The van der Waals surface area contributed by atoms with Gasteiger partial charge >= 0.3 is 0 Å². The summed E-state index contributed by atoms with van der Waals surface area (Å²) in [5, 5.41) is 0. The van der Waals surface area contributed by atoms with Crippen LogP contribution in [0.3, 0.4) is 0 Å². The van der Waals surface area contributed by atoms with Crippen molar-refractivity contribution < 1.29 is 4.74 Å². The van der Waals surface area contributed by atoms with E-state index >= 15 is 0 Å². The van der Waals surface area contributed by atoms with E-state index in [1.165, 1.54) is 11.1 Å². The normalized spacial score (nSPS) is 13.4. The van der Waals surface area contributed by atoms with Crippen molar-refractivity contribution in [1.29, 1.82) is 0 Å². The minimum absolute atomic E-state index is 0.852. The van der Waals surface area contributed by atoms with Crippen molar-refractivity contribution in [3.8, 4) is 11.5 Å². The Hall–Kier alpha value is -1.48. The van der Waals surface area contributed by atoms with Gasteiger partial charge in [0.25, 0.3) is 0 Å². The monoisotopic (exact) mass is 303 g/mol. The molecule has 92 valence electrons. The standard InChI is InChI=1S/C15H14BrNO/c1-10-3-5-15-13(7-10)17(2)9-11-8-12(16)4-6-14(11)18-15/h3-8H,9H2,1-2H3. The maximum atomic E-state index is 6.02. The number of hydrogen-bond acceptors (Lipinski definition) is 2. The van der Waals surface area contributed by atoms with E-state index in [0.717, 1.165) is 28.2 Å². The second-order valence-corrected chi connectivity index (χ2v) is 5.60. The van der Waals surface area contributed by atoms with Crippen molar-refractivity contribution in [2.24, 2.45) is 0 Å². The van der Waals surface area contributed by atoms with Gasteiger partial charge in [0.2, 0.25) is 0 Å². The number of hydrogen-bond donors (Lipinski definition) is 0. The SMILES string of the molecule is Cc1ccc2c(c1)N(C)Cc1cc(Br)ccc1O2. The van der Waals surface area contributed by atoms with Crippen LogP contribution in [0.25, 0.3) is 0 Å². The second-order valence-electron chi connectivity index (χ2n) is 4.68. The van der Waals surface area contributed by atoms with Crippen molar-refractivity contribution >= 4 is 21.6 Å². The minimum atomic E-state index is 0.852. The summed E-state index contributed by atoms with van der Waals surface area (Å²) < 4.78 is 7.10. The van der Waals surface area contributed by atoms with E-state index in [-0.39, 0.29) is 0 Å². The molecule has 0 N–H and O–H groups in total. The van der Waals surface area contributed by atoms with Gasteiger partial charge in [-0.1, -0.05) is 22.0 Å². The summed E-state index contributed by atoms with van der Waals surface area (Å²) in [5.41, 5.74) is 3.58. The lowest BCUT2D eigenvalue weighted by Gasteiger charge is -2.18. The van der Waals surface area contributed by atoms with Crippen LogP contribution in [0.1, 0.15) is 11.1 Å². The summed E-state index contributed by atoms with van der Waals surface area (Å²) in [6, 6.07) is 12.4. The molecule has 2 aromatic carbocycles. The molecular weight excluding hydrogens is 290 g/mol. The average Bonchev–Trinajstić information content (AvgIpc) is 2.46. The zero-order chi connectivity index (χ0) is 12.7. The van der Waals surface area contributed by atoms with Crippen molar-refractivity contribution in [2.45, 2.75) is 13.5 Å². The van der Waals surface area contributed by atoms with Gasteiger partial charge in [-0.15, -0.1) is 0 Å². The molecule has 2 aromatic rings. The first-order valence-corrected chi connectivity index (χ1v) is 6.71. The summed E-state index contributed by atoms with van der Waals surface area (Å²) in [6.45, 7) is 2.95. The van der Waals surface area contributed by atoms with Crippen LogP contribution in [0.4, 0.5) is 5.69 Å². The minimum Gasteiger partial charge on any atom is -0.455 e. The third-order valence-electron chi connectivity index (χ3n) is 3.18. The van der Waals surface area contributed by atoms with E-state index in [4.69, 9.17) is 4.74 Å². The number of benzene rings is 2. The van der Waals surface area contributed by atoms with E-state index in [1.807, 2.05) is 18.2 Å². The van der Waals surface area contributed by atoms with Crippen LogP contribution < -0.4 is 9.64 Å². The molecule has 0 aliphatic carbocycles. The van der Waals surface area contributed by atoms with Crippen LogP contribution in [-0.2, 0) is 6.54 Å². The molecule has 0 atom stereocenters. The van der Waals surface area contributed by atoms with Gasteiger partial charge in [0.1, 0.15) is 5.75 Å². The number of nitrogens with zero attached hydrogens (tertiary/aromatic N) is 1. The maximum absolute atomic E-state index is 6.02. The van der Waals surface area contributed by atoms with Crippen molar-refractivity contribution in [3.63, 3.8) is 0 Å². The molecule has 0 amide bonds. The number of halogens is 1. The maximum Gasteiger partial charge on any atom is 0.150 e. The molecule has 0 spiro atoms. The Bertz CT molecular complexity index is 609. The summed E-state index contributed by atoms with van der Waals surface area (Å²) in [7, 11) is 2.09. The molecular formula is C15H14BrNO. The smallest absolute Gasteiger partial charge is 0.150 e. The Morgan fingerprint density at radius 3 is 2.72 bits per heavy atom. The predicted octanol–water partition coefficient (Wildman–Crippen LogP) is 4.50. The number of aryl methyl sites for hydroxylation is 1. The molecule has 18 heavy (non-hydrogen) atoms. The lowest BCUT2D eigenvalue weighted by molar-refractivity contribution is 0.483. The van der Waals surface area contributed by atoms with Gasteiger partial charge in [0.05, 0.1) is 5.69 Å². The van der Waals surface area contributed by atoms with Gasteiger partial charge in [-0.3, -0.25) is 0 Å². The Balaban J connectivity index is 2.13. The van der Waals surface area contributed by atoms with Gasteiger partial charge in [0.15, 0.2) is 5.75 Å². The first-order chi connectivity index (χ1) is 8.63. The molecule has 3 heteroatoms. The fourth-order valence-corrected chi connectivity index (χ4v) is 2.65. The summed E-state index contributed by atoms with van der Waals surface area (Å²) in [5.74, 6) is 1.86. The molecule has 1 heterocycles. The van der Waals surface area contributed by atoms with E-state index in [9.17, 15) is 0 Å². The Labute approximate surface area is 115 Å². The molecule has 0 radical (unpaired) electrons. The molecule has 0 bridgehead atoms. The highest BCUT2D eigenvalue weighted by atomic mass is 79.9. The number of rotatable bonds is 0. The van der Waals surface area contributed by atoms with Crippen LogP contribution in [-0.4, -0.2) is 7.05 Å². The molecule has 0 unspecified atom stereocenters. The fourth-order valence-electron chi connectivity index (χ4n) is 2.24. The summed E-state index contributed by atoms with van der Waals surface area (Å²) in [6.07, 6.45) is 0. The lowest BCUT2D eigenvalue weighted by Crippen LogP contribution is -2.15. The quantitative estimate of drug-likeness (QED) is 0.710. The Kier molecular flexibility index (Phi) is 2.78. The third kappa shape index (κ3) is 1.99. The zero-order valence-electron chi connectivity index (χ0n) is 10.4. The highest BCUT2D eigenvalue weighted by Crippen LogP contribution is 2.39. The van der Waals surface area contributed by atoms with Crippen molar-refractivity contribution in [2.75, 3.05) is 11.9 Å². The summed E-state index contributed by atoms with van der Waals surface area (Å²) in [4.78, 5) is 2.22. The van der Waals surface area contributed by atoms with E-state index < -0.39 is 0 Å². The van der Waals surface area contributed by atoms with Gasteiger partial charge in [0, 0.05) is 23.6 Å². The topological polar surface area (TPSA) is 12.5 Å². The lowest BCUT2D eigenvalue weighted by atomic mass is 10.2. The highest BCUT2D eigenvalue weighted by Gasteiger charge is 2.18. The Morgan fingerprint density at radius 2 is 1.89 bits per heavy atom. The Morgan fingerprint density at radius 1 is 1.11 bits per heavy atom. The van der Waals surface area contributed by atoms with E-state index in [2.05, 4.69) is 53.0 Å². The van der Waals surface area contributed by atoms with Crippen molar-refractivity contribution in [3.05, 3.63) is 52.0 Å². The van der Waals surface area contributed by atoms with Crippen molar-refractivity contribution in [1.82, 2.24) is 0 Å². The van der Waals surface area contributed by atoms with E-state index in [0.29, 0.717) is 0 Å². The van der Waals surface area contributed by atoms with Gasteiger partial charge in [-0.05, 0) is 42.8 Å². The van der Waals surface area contributed by atoms with Crippen LogP contribution in [0.2, 0.25) is 0 Å². The van der Waals surface area contributed by atoms with E-state index in [1.54, 1.807) is 0 Å². The molecule has 0 saturated carbocycles. The summed E-state index contributed by atoms with van der Waals surface area (Å²) >= 11 is 3.51. The van der Waals surface area contributed by atoms with Gasteiger partial charge in [-0.25, -0.2) is 0 Å². The molecule has 0 aromatic heterocycles. The largest absolute Gasteiger partial charge is 0.455 e. The molecule has 1 aliphatic rings. The number of anilines is 1. The first kappa shape index (κ1) is 11.6. The second kappa shape index (κ2) is 4.32. The zero-order valence-corrected chi connectivity index (χ0v) is 12.0. The van der Waals surface area contributed by atoms with Crippen LogP contribution in [0.15, 0.2) is 40.9 Å². The molecule has 3 rings (SSSR count). The highest BCUT2D eigenvalue weighted by molar-refractivity contribution is 9.10. The van der Waals surface area contributed by atoms with Crippen LogP contribution >= 0.6 is 15.9 Å². The molecule has 0 fully saturated rings. The molecule has 2 nitrogen and oxygen atoms in total. The third-order valence-corrected chi connectivity index (χ3v) is 3.67. The molecule has 0 saturated heterocycles. The fraction of sp³-hybridized carbons (Fsp3) is 0.200. The first-order valence-electron chi connectivity index (χ1n) is 5.91. The van der Waals surface area contributed by atoms with Crippen LogP contribution in [0.5, 0.6) is 11.5 Å². The number of ether oxygens (including phenoxy) is 1. The van der Waals surface area contributed by atoms with Gasteiger partial charge < -0.3 is 9.64 Å². The molecule has 1 aliphatic heterocycles. The average molecular weight is 304 g/mol.